The molecular weight excluding hydrogens is 248 g/mol. The van der Waals surface area contributed by atoms with Crippen molar-refractivity contribution >= 4 is 21.8 Å². The Bertz CT molecular complexity index is 286. The molecule has 1 unspecified atom stereocenters. The normalized spacial score (nSPS) is 12.9. The Balaban J connectivity index is 2.56. The molecule has 0 aliphatic heterocycles. The Kier molecular flexibility index (Phi) is 4.06. The minimum atomic E-state index is -0.197. The van der Waals surface area contributed by atoms with Crippen LogP contribution in [0, 0.1) is 5.92 Å². The summed E-state index contributed by atoms with van der Waals surface area (Å²) in [6, 6.07) is 0.110. The van der Waals surface area contributed by atoms with Gasteiger partial charge in [0.25, 0.3) is 5.91 Å². The van der Waals surface area contributed by atoms with Crippen LogP contribution in [0.15, 0.2) is 6.20 Å². The number of aromatic nitrogens is 3. The van der Waals surface area contributed by atoms with Crippen molar-refractivity contribution in [3.8, 4) is 0 Å². The number of carbonyl (C=O) groups excluding carboxylic acids is 1. The summed E-state index contributed by atoms with van der Waals surface area (Å²) in [6.45, 7) is 4.10. The van der Waals surface area contributed by atoms with Crippen LogP contribution in [0.5, 0.6) is 0 Å². The van der Waals surface area contributed by atoms with Gasteiger partial charge in [0.2, 0.25) is 0 Å². The van der Waals surface area contributed by atoms with Crippen LogP contribution in [0.2, 0.25) is 0 Å². The van der Waals surface area contributed by atoms with Crippen LogP contribution < -0.4 is 5.32 Å². The van der Waals surface area contributed by atoms with Gasteiger partial charge in [-0.1, -0.05) is 29.8 Å². The number of halogens is 1. The van der Waals surface area contributed by atoms with Gasteiger partial charge in [-0.3, -0.25) is 4.79 Å². The maximum atomic E-state index is 11.5. The second-order valence-corrected chi connectivity index (χ2v) is 3.98. The quantitative estimate of drug-likeness (QED) is 0.793. The van der Waals surface area contributed by atoms with Crippen molar-refractivity contribution in [3.63, 3.8) is 0 Å². The first-order chi connectivity index (χ1) is 6.65. The summed E-state index contributed by atoms with van der Waals surface area (Å²) in [5.74, 6) is 0.183. The fourth-order valence-electron chi connectivity index (χ4n) is 0.937. The Hall–Kier alpha value is -0.910. The molecular formula is C8H13BrN4O. The third-order valence-corrected chi connectivity index (χ3v) is 2.63. The number of amides is 1. The Labute approximate surface area is 90.8 Å². The molecule has 1 rings (SSSR count). The lowest BCUT2D eigenvalue weighted by molar-refractivity contribution is 0.0926. The summed E-state index contributed by atoms with van der Waals surface area (Å²) in [5.41, 5.74) is 0.316. The Morgan fingerprint density at radius 3 is 2.86 bits per heavy atom. The molecule has 1 atom stereocenters. The van der Waals surface area contributed by atoms with Crippen LogP contribution in [0.25, 0.3) is 0 Å². The predicted molar refractivity (Wildman–Crippen MR) is 56.3 cm³/mol. The number of rotatable bonds is 4. The number of nitrogens with zero attached hydrogens (tertiary/aromatic N) is 2. The topological polar surface area (TPSA) is 70.7 Å². The summed E-state index contributed by atoms with van der Waals surface area (Å²) in [6.07, 6.45) is 1.40. The van der Waals surface area contributed by atoms with Crippen LogP contribution in [0.1, 0.15) is 24.3 Å². The lowest BCUT2D eigenvalue weighted by Gasteiger charge is -2.18. The van der Waals surface area contributed by atoms with Gasteiger partial charge in [0.15, 0.2) is 5.69 Å². The van der Waals surface area contributed by atoms with Crippen molar-refractivity contribution in [2.24, 2.45) is 5.92 Å². The highest BCUT2D eigenvalue weighted by Gasteiger charge is 2.17. The first-order valence-corrected chi connectivity index (χ1v) is 5.50. The van der Waals surface area contributed by atoms with Crippen LogP contribution in [-0.4, -0.2) is 32.7 Å². The molecule has 0 aromatic carbocycles. The van der Waals surface area contributed by atoms with Gasteiger partial charge in [0.05, 0.1) is 6.20 Å². The van der Waals surface area contributed by atoms with E-state index < -0.39 is 0 Å². The van der Waals surface area contributed by atoms with E-state index in [0.717, 1.165) is 5.33 Å². The first-order valence-electron chi connectivity index (χ1n) is 4.37. The van der Waals surface area contributed by atoms with Crippen molar-refractivity contribution in [3.05, 3.63) is 11.9 Å². The lowest BCUT2D eigenvalue weighted by Crippen LogP contribution is -2.39. The van der Waals surface area contributed by atoms with Gasteiger partial charge < -0.3 is 5.32 Å². The zero-order chi connectivity index (χ0) is 10.6. The smallest absolute Gasteiger partial charge is 0.273 e. The van der Waals surface area contributed by atoms with E-state index in [4.69, 9.17) is 0 Å². The molecule has 5 nitrogen and oxygen atoms in total. The van der Waals surface area contributed by atoms with E-state index in [1.807, 2.05) is 0 Å². The summed E-state index contributed by atoms with van der Waals surface area (Å²) >= 11 is 3.35. The standard InChI is InChI=1S/C8H13BrN4O/c1-5(2)6(3-9)11-8(14)7-4-10-13-12-7/h4-6H,3H2,1-2H3,(H,11,14)(H,10,12,13). The molecule has 1 amide bonds. The van der Waals surface area contributed by atoms with Gasteiger partial charge in [0, 0.05) is 11.4 Å². The molecule has 2 N–H and O–H groups in total. The molecule has 14 heavy (non-hydrogen) atoms. The number of H-pyrrole nitrogens is 1. The number of hydrogen-bond acceptors (Lipinski definition) is 3. The molecule has 1 aromatic rings. The van der Waals surface area contributed by atoms with E-state index in [-0.39, 0.29) is 11.9 Å². The SMILES string of the molecule is CC(C)C(CBr)NC(=O)c1cn[nH]n1. The predicted octanol–water partition coefficient (Wildman–Crippen LogP) is 0.954. The zero-order valence-electron chi connectivity index (χ0n) is 8.12. The van der Waals surface area contributed by atoms with E-state index >= 15 is 0 Å². The molecule has 78 valence electrons. The number of alkyl halides is 1. The van der Waals surface area contributed by atoms with E-state index in [0.29, 0.717) is 11.6 Å². The molecule has 0 saturated heterocycles. The number of aromatic amines is 1. The Morgan fingerprint density at radius 1 is 1.71 bits per heavy atom. The second-order valence-electron chi connectivity index (χ2n) is 3.33. The lowest BCUT2D eigenvalue weighted by atomic mass is 10.1. The molecule has 0 fully saturated rings. The second kappa shape index (κ2) is 5.09. The minimum absolute atomic E-state index is 0.110. The minimum Gasteiger partial charge on any atom is -0.347 e. The summed E-state index contributed by atoms with van der Waals surface area (Å²) in [4.78, 5) is 11.5. The average molecular weight is 261 g/mol. The molecule has 1 heterocycles. The van der Waals surface area contributed by atoms with Crippen molar-refractivity contribution in [2.45, 2.75) is 19.9 Å². The first kappa shape index (κ1) is 11.2. The van der Waals surface area contributed by atoms with E-state index in [1.54, 1.807) is 0 Å². The molecule has 0 aliphatic rings. The fraction of sp³-hybridized carbons (Fsp3) is 0.625. The fourth-order valence-corrected chi connectivity index (χ4v) is 1.85. The number of carbonyl (C=O) groups is 1. The summed E-state index contributed by atoms with van der Waals surface area (Å²) < 4.78 is 0. The van der Waals surface area contributed by atoms with Gasteiger partial charge in [-0.05, 0) is 5.92 Å². The zero-order valence-corrected chi connectivity index (χ0v) is 9.71. The molecule has 0 radical (unpaired) electrons. The van der Waals surface area contributed by atoms with Gasteiger partial charge in [-0.2, -0.15) is 15.4 Å². The van der Waals surface area contributed by atoms with Crippen molar-refractivity contribution < 1.29 is 4.79 Å². The number of nitrogens with one attached hydrogen (secondary N) is 2. The molecule has 6 heteroatoms. The number of hydrogen-bond donors (Lipinski definition) is 2. The van der Waals surface area contributed by atoms with E-state index in [1.165, 1.54) is 6.20 Å². The molecule has 0 aliphatic carbocycles. The van der Waals surface area contributed by atoms with Crippen molar-refractivity contribution in [1.29, 1.82) is 0 Å². The highest BCUT2D eigenvalue weighted by Crippen LogP contribution is 2.05. The summed E-state index contributed by atoms with van der Waals surface area (Å²) in [5, 5.41) is 13.3. The maximum absolute atomic E-state index is 11.5. The van der Waals surface area contributed by atoms with E-state index in [9.17, 15) is 4.79 Å². The van der Waals surface area contributed by atoms with Crippen LogP contribution in [-0.2, 0) is 0 Å². The molecule has 1 aromatic heterocycles. The van der Waals surface area contributed by atoms with Gasteiger partial charge in [-0.15, -0.1) is 0 Å². The maximum Gasteiger partial charge on any atom is 0.273 e. The molecule has 0 spiro atoms. The largest absolute Gasteiger partial charge is 0.347 e. The van der Waals surface area contributed by atoms with Crippen LogP contribution >= 0.6 is 15.9 Å². The van der Waals surface area contributed by atoms with Gasteiger partial charge in [-0.25, -0.2) is 0 Å². The van der Waals surface area contributed by atoms with Gasteiger partial charge in [0.1, 0.15) is 0 Å². The third kappa shape index (κ3) is 2.80. The van der Waals surface area contributed by atoms with Crippen LogP contribution in [0.4, 0.5) is 0 Å². The monoisotopic (exact) mass is 260 g/mol. The van der Waals surface area contributed by atoms with Gasteiger partial charge >= 0.3 is 0 Å². The molecule has 0 saturated carbocycles. The molecule has 0 bridgehead atoms. The highest BCUT2D eigenvalue weighted by molar-refractivity contribution is 9.09. The Morgan fingerprint density at radius 2 is 2.43 bits per heavy atom. The van der Waals surface area contributed by atoms with Crippen molar-refractivity contribution in [1.82, 2.24) is 20.7 Å². The third-order valence-electron chi connectivity index (χ3n) is 1.94. The van der Waals surface area contributed by atoms with Crippen molar-refractivity contribution in [2.75, 3.05) is 5.33 Å². The average Bonchev–Trinajstić information content (AvgIpc) is 2.65. The highest BCUT2D eigenvalue weighted by atomic mass is 79.9. The van der Waals surface area contributed by atoms with E-state index in [2.05, 4.69) is 50.5 Å². The van der Waals surface area contributed by atoms with Crippen LogP contribution in [0.3, 0.4) is 0 Å². The summed E-state index contributed by atoms with van der Waals surface area (Å²) in [7, 11) is 0.